The predicted molar refractivity (Wildman–Crippen MR) is 87.3 cm³/mol. The molecule has 0 spiro atoms. The number of thiazole rings is 1. The average Bonchev–Trinajstić information content (AvgIpc) is 3.14. The Bertz CT molecular complexity index is 768. The first-order valence-electron chi connectivity index (χ1n) is 6.52. The van der Waals surface area contributed by atoms with E-state index in [2.05, 4.69) is 20.5 Å². The molecule has 1 N–H and O–H groups in total. The van der Waals surface area contributed by atoms with Gasteiger partial charge in [0, 0.05) is 23.7 Å². The van der Waals surface area contributed by atoms with E-state index in [1.54, 1.807) is 18.1 Å². The molecule has 0 aliphatic rings. The summed E-state index contributed by atoms with van der Waals surface area (Å²) in [6, 6.07) is 9.93. The first kappa shape index (κ1) is 14.7. The highest BCUT2D eigenvalue weighted by Gasteiger charge is 2.09. The zero-order valence-corrected chi connectivity index (χ0v) is 13.4. The van der Waals surface area contributed by atoms with Crippen LogP contribution in [0.25, 0.3) is 5.69 Å². The smallest absolute Gasteiger partial charge is 0.223 e. The second-order valence-corrected chi connectivity index (χ2v) is 6.23. The molecule has 3 aromatic rings. The minimum Gasteiger partial charge on any atom is -0.302 e. The molecule has 0 bridgehead atoms. The van der Waals surface area contributed by atoms with Crippen LogP contribution in [0, 0.1) is 0 Å². The normalized spacial score (nSPS) is 10.6. The van der Waals surface area contributed by atoms with Crippen molar-refractivity contribution in [1.82, 2.24) is 19.7 Å². The molecule has 0 atom stereocenters. The summed E-state index contributed by atoms with van der Waals surface area (Å²) in [5.41, 5.74) is 1.92. The maximum absolute atomic E-state index is 11.0. The first-order chi connectivity index (χ1) is 10.7. The lowest BCUT2D eigenvalue weighted by atomic mass is 10.3. The van der Waals surface area contributed by atoms with E-state index in [4.69, 9.17) is 0 Å². The summed E-state index contributed by atoms with van der Waals surface area (Å²) in [5, 5.41) is 14.2. The third-order valence-corrected chi connectivity index (χ3v) is 4.52. The first-order valence-corrected chi connectivity index (χ1v) is 8.39. The molecular formula is C14H13N5OS2. The largest absolute Gasteiger partial charge is 0.302 e. The number of nitrogens with zero attached hydrogens (tertiary/aromatic N) is 4. The van der Waals surface area contributed by atoms with Crippen LogP contribution in [0.5, 0.6) is 0 Å². The minimum absolute atomic E-state index is 0.114. The Kier molecular flexibility index (Phi) is 4.50. The molecule has 0 unspecified atom stereocenters. The van der Waals surface area contributed by atoms with Gasteiger partial charge in [0.15, 0.2) is 10.3 Å². The zero-order chi connectivity index (χ0) is 15.4. The van der Waals surface area contributed by atoms with Gasteiger partial charge in [-0.05, 0) is 12.1 Å². The number of rotatable bonds is 5. The number of carbonyl (C=O) groups is 1. The highest BCUT2D eigenvalue weighted by atomic mass is 32.2. The van der Waals surface area contributed by atoms with E-state index < -0.39 is 0 Å². The van der Waals surface area contributed by atoms with Crippen LogP contribution in [0.4, 0.5) is 5.13 Å². The number of benzene rings is 1. The van der Waals surface area contributed by atoms with Crippen LogP contribution in [0.1, 0.15) is 12.6 Å². The quantitative estimate of drug-likeness (QED) is 0.728. The van der Waals surface area contributed by atoms with Crippen LogP contribution in [-0.4, -0.2) is 25.7 Å². The van der Waals surface area contributed by atoms with Crippen molar-refractivity contribution in [3.05, 3.63) is 47.7 Å². The van der Waals surface area contributed by atoms with Crippen molar-refractivity contribution < 1.29 is 4.79 Å². The van der Waals surface area contributed by atoms with Gasteiger partial charge in [-0.15, -0.1) is 21.5 Å². The number of hydrogen-bond donors (Lipinski definition) is 1. The third kappa shape index (κ3) is 3.52. The van der Waals surface area contributed by atoms with Crippen molar-refractivity contribution >= 4 is 34.1 Å². The van der Waals surface area contributed by atoms with Crippen molar-refractivity contribution in [1.29, 1.82) is 0 Å². The van der Waals surface area contributed by atoms with Gasteiger partial charge in [-0.1, -0.05) is 30.0 Å². The Morgan fingerprint density at radius 1 is 1.36 bits per heavy atom. The second-order valence-electron chi connectivity index (χ2n) is 4.43. The predicted octanol–water partition coefficient (Wildman–Crippen LogP) is 2.97. The zero-order valence-electron chi connectivity index (χ0n) is 11.8. The van der Waals surface area contributed by atoms with Crippen molar-refractivity contribution in [2.45, 2.75) is 17.8 Å². The highest BCUT2D eigenvalue weighted by molar-refractivity contribution is 7.98. The van der Waals surface area contributed by atoms with Crippen molar-refractivity contribution in [2.75, 3.05) is 5.32 Å². The van der Waals surface area contributed by atoms with E-state index in [1.807, 2.05) is 40.3 Å². The van der Waals surface area contributed by atoms with Crippen LogP contribution in [0.15, 0.2) is 47.2 Å². The van der Waals surface area contributed by atoms with Gasteiger partial charge in [-0.25, -0.2) is 4.98 Å². The van der Waals surface area contributed by atoms with E-state index in [0.717, 1.165) is 16.5 Å². The summed E-state index contributed by atoms with van der Waals surface area (Å²) in [4.78, 5) is 15.4. The van der Waals surface area contributed by atoms with Gasteiger partial charge >= 0.3 is 0 Å². The molecule has 6 nitrogen and oxygen atoms in total. The van der Waals surface area contributed by atoms with Gasteiger partial charge in [-0.2, -0.15) is 0 Å². The average molecular weight is 331 g/mol. The Balaban J connectivity index is 1.69. The number of thioether (sulfide) groups is 1. The Labute approximate surface area is 135 Å². The number of anilines is 1. The molecule has 0 saturated heterocycles. The second kappa shape index (κ2) is 6.71. The van der Waals surface area contributed by atoms with E-state index in [-0.39, 0.29) is 5.91 Å². The molecule has 1 amide bonds. The van der Waals surface area contributed by atoms with Gasteiger partial charge in [0.2, 0.25) is 5.91 Å². The van der Waals surface area contributed by atoms with Gasteiger partial charge in [0.25, 0.3) is 0 Å². The lowest BCUT2D eigenvalue weighted by Gasteiger charge is -2.04. The molecule has 8 heteroatoms. The number of hydrogen-bond acceptors (Lipinski definition) is 6. The fourth-order valence-electron chi connectivity index (χ4n) is 1.81. The molecule has 1 aromatic carbocycles. The summed E-state index contributed by atoms with van der Waals surface area (Å²) in [6.45, 7) is 1.47. The third-order valence-electron chi connectivity index (χ3n) is 2.73. The number of carbonyl (C=O) groups excluding carboxylic acids is 1. The Hall–Kier alpha value is -2.19. The summed E-state index contributed by atoms with van der Waals surface area (Å²) in [6.07, 6.45) is 1.70. The van der Waals surface area contributed by atoms with Crippen molar-refractivity contribution in [3.63, 3.8) is 0 Å². The summed E-state index contributed by atoms with van der Waals surface area (Å²) >= 11 is 2.97. The fraction of sp³-hybridized carbons (Fsp3) is 0.143. The van der Waals surface area contributed by atoms with E-state index in [9.17, 15) is 4.79 Å². The fourth-order valence-corrected chi connectivity index (χ4v) is 3.49. The molecule has 0 fully saturated rings. The molecular weight excluding hydrogens is 318 g/mol. The molecule has 3 rings (SSSR count). The minimum atomic E-state index is -0.114. The van der Waals surface area contributed by atoms with E-state index in [1.165, 1.54) is 18.3 Å². The van der Waals surface area contributed by atoms with Crippen LogP contribution in [-0.2, 0) is 10.5 Å². The Morgan fingerprint density at radius 2 is 2.18 bits per heavy atom. The monoisotopic (exact) mass is 331 g/mol. The lowest BCUT2D eigenvalue weighted by molar-refractivity contribution is -0.114. The van der Waals surface area contributed by atoms with Crippen LogP contribution in [0.3, 0.4) is 0 Å². The van der Waals surface area contributed by atoms with Gasteiger partial charge in [0.05, 0.1) is 5.69 Å². The van der Waals surface area contributed by atoms with E-state index in [0.29, 0.717) is 10.9 Å². The summed E-state index contributed by atoms with van der Waals surface area (Å²) in [7, 11) is 0. The highest BCUT2D eigenvalue weighted by Crippen LogP contribution is 2.25. The Morgan fingerprint density at radius 3 is 2.95 bits per heavy atom. The van der Waals surface area contributed by atoms with Gasteiger partial charge < -0.3 is 5.32 Å². The topological polar surface area (TPSA) is 72.7 Å². The van der Waals surface area contributed by atoms with Crippen molar-refractivity contribution in [3.8, 4) is 5.69 Å². The molecule has 112 valence electrons. The number of amides is 1. The molecule has 0 aliphatic carbocycles. The van der Waals surface area contributed by atoms with Gasteiger partial charge in [-0.3, -0.25) is 9.36 Å². The number of nitrogens with one attached hydrogen (secondary N) is 1. The number of aromatic nitrogens is 4. The maximum Gasteiger partial charge on any atom is 0.223 e. The molecule has 2 heterocycles. The molecule has 0 saturated carbocycles. The van der Waals surface area contributed by atoms with Crippen LogP contribution < -0.4 is 5.32 Å². The molecule has 0 aliphatic heterocycles. The van der Waals surface area contributed by atoms with Crippen LogP contribution in [0.2, 0.25) is 0 Å². The van der Waals surface area contributed by atoms with Crippen LogP contribution >= 0.6 is 23.1 Å². The molecule has 0 radical (unpaired) electrons. The summed E-state index contributed by atoms with van der Waals surface area (Å²) in [5.74, 6) is 0.555. The molecule has 2 aromatic heterocycles. The van der Waals surface area contributed by atoms with E-state index >= 15 is 0 Å². The molecule has 22 heavy (non-hydrogen) atoms. The lowest BCUT2D eigenvalue weighted by Crippen LogP contribution is -2.05. The summed E-state index contributed by atoms with van der Waals surface area (Å²) < 4.78 is 1.94. The SMILES string of the molecule is CC(=O)Nc1nc(CSc2nncn2-c2ccccc2)cs1. The van der Waals surface area contributed by atoms with Gasteiger partial charge in [0.1, 0.15) is 6.33 Å². The van der Waals surface area contributed by atoms with Crippen molar-refractivity contribution in [2.24, 2.45) is 0 Å². The number of para-hydroxylation sites is 1. The standard InChI is InChI=1S/C14H13N5OS2/c1-10(20)16-13-17-11(7-21-13)8-22-14-18-15-9-19(14)12-5-3-2-4-6-12/h2-7,9H,8H2,1H3,(H,16,17,20). The maximum atomic E-state index is 11.0.